The third-order valence-corrected chi connectivity index (χ3v) is 3.61. The highest BCUT2D eigenvalue weighted by Gasteiger charge is 2.23. The first-order valence-electron chi connectivity index (χ1n) is 7.34. The van der Waals surface area contributed by atoms with Gasteiger partial charge in [-0.1, -0.05) is 31.5 Å². The Bertz CT molecular complexity index is 563. The first-order valence-corrected chi connectivity index (χ1v) is 7.72. The monoisotopic (exact) mass is 342 g/mol. The molecular formula is C16H23ClN2O4. The van der Waals surface area contributed by atoms with Crippen molar-refractivity contribution < 1.29 is 19.4 Å². The number of carbonyl (C=O) groups excluding carboxylic acids is 2. The summed E-state index contributed by atoms with van der Waals surface area (Å²) in [6.45, 7) is 3.78. The lowest BCUT2D eigenvalue weighted by Crippen LogP contribution is -2.49. The average Bonchev–Trinajstić information content (AvgIpc) is 2.45. The first kappa shape index (κ1) is 19.3. The van der Waals surface area contributed by atoms with Crippen molar-refractivity contribution in [2.75, 3.05) is 7.11 Å². The van der Waals surface area contributed by atoms with E-state index in [1.165, 1.54) is 7.11 Å². The fourth-order valence-electron chi connectivity index (χ4n) is 2.12. The van der Waals surface area contributed by atoms with Crippen LogP contribution in [-0.4, -0.2) is 36.2 Å². The smallest absolute Gasteiger partial charge is 0.249 e. The third kappa shape index (κ3) is 6.08. The Labute approximate surface area is 141 Å². The summed E-state index contributed by atoms with van der Waals surface area (Å²) in [4.78, 5) is 23.5. The predicted octanol–water partition coefficient (Wildman–Crippen LogP) is 1.27. The molecule has 7 heteroatoms. The molecule has 0 aliphatic rings. The molecule has 0 heterocycles. The molecule has 1 aromatic carbocycles. The molecule has 0 bridgehead atoms. The number of hydrogen-bond donors (Lipinski definition) is 3. The molecule has 2 atom stereocenters. The maximum absolute atomic E-state index is 11.9. The topological polar surface area (TPSA) is 102 Å². The summed E-state index contributed by atoms with van der Waals surface area (Å²) < 4.78 is 5.06. The molecule has 128 valence electrons. The van der Waals surface area contributed by atoms with Crippen molar-refractivity contribution in [2.45, 2.75) is 38.8 Å². The Morgan fingerprint density at radius 1 is 1.39 bits per heavy atom. The van der Waals surface area contributed by atoms with Gasteiger partial charge in [-0.2, -0.15) is 0 Å². The van der Waals surface area contributed by atoms with Crippen LogP contribution in [0.25, 0.3) is 0 Å². The Hall–Kier alpha value is -1.79. The zero-order chi connectivity index (χ0) is 17.6. The van der Waals surface area contributed by atoms with Crippen molar-refractivity contribution >= 4 is 23.4 Å². The van der Waals surface area contributed by atoms with E-state index in [4.69, 9.17) is 22.1 Å². The van der Waals surface area contributed by atoms with Gasteiger partial charge in [0.2, 0.25) is 11.8 Å². The summed E-state index contributed by atoms with van der Waals surface area (Å²) in [6.07, 6.45) is -0.679. The Morgan fingerprint density at radius 2 is 2.04 bits per heavy atom. The van der Waals surface area contributed by atoms with Crippen LogP contribution in [0.4, 0.5) is 0 Å². The van der Waals surface area contributed by atoms with Crippen LogP contribution >= 0.6 is 11.6 Å². The summed E-state index contributed by atoms with van der Waals surface area (Å²) in [5.74, 6) is -0.616. The molecule has 0 aliphatic carbocycles. The van der Waals surface area contributed by atoms with Crippen LogP contribution in [0.1, 0.15) is 25.8 Å². The molecule has 0 aromatic heterocycles. The Balaban J connectivity index is 2.78. The van der Waals surface area contributed by atoms with E-state index < -0.39 is 24.0 Å². The lowest BCUT2D eigenvalue weighted by atomic mass is 10.0. The van der Waals surface area contributed by atoms with Crippen LogP contribution in [0.15, 0.2) is 18.2 Å². The number of nitrogens with two attached hydrogens (primary N) is 1. The summed E-state index contributed by atoms with van der Waals surface area (Å²) in [5.41, 5.74) is 6.06. The number of hydrogen-bond acceptors (Lipinski definition) is 4. The van der Waals surface area contributed by atoms with Gasteiger partial charge in [0.15, 0.2) is 0 Å². The summed E-state index contributed by atoms with van der Waals surface area (Å²) in [6, 6.07) is 4.13. The second-order valence-corrected chi connectivity index (χ2v) is 6.19. The molecule has 1 aromatic rings. The minimum atomic E-state index is -1.17. The normalized spacial score (nSPS) is 13.5. The number of benzene rings is 1. The quantitative estimate of drug-likeness (QED) is 0.662. The molecule has 0 spiro atoms. The second-order valence-electron chi connectivity index (χ2n) is 5.78. The molecule has 0 fully saturated rings. The summed E-state index contributed by atoms with van der Waals surface area (Å²) in [5, 5.41) is 12.7. The van der Waals surface area contributed by atoms with E-state index in [-0.39, 0.29) is 12.3 Å². The van der Waals surface area contributed by atoms with Crippen LogP contribution in [0.5, 0.6) is 5.75 Å². The number of rotatable bonds is 8. The van der Waals surface area contributed by atoms with Gasteiger partial charge in [0.25, 0.3) is 0 Å². The van der Waals surface area contributed by atoms with Crippen molar-refractivity contribution in [3.63, 3.8) is 0 Å². The lowest BCUT2D eigenvalue weighted by Gasteiger charge is -2.19. The van der Waals surface area contributed by atoms with E-state index in [0.717, 1.165) is 5.56 Å². The molecule has 0 unspecified atom stereocenters. The average molecular weight is 343 g/mol. The van der Waals surface area contributed by atoms with E-state index in [2.05, 4.69) is 5.32 Å². The predicted molar refractivity (Wildman–Crippen MR) is 88.3 cm³/mol. The van der Waals surface area contributed by atoms with Crippen LogP contribution in [0, 0.1) is 5.92 Å². The maximum Gasteiger partial charge on any atom is 0.249 e. The zero-order valence-electron chi connectivity index (χ0n) is 13.5. The molecule has 4 N–H and O–H groups in total. The van der Waals surface area contributed by atoms with Crippen LogP contribution in [-0.2, 0) is 16.0 Å². The second kappa shape index (κ2) is 8.74. The fraction of sp³-hybridized carbons (Fsp3) is 0.500. The minimum Gasteiger partial charge on any atom is -0.495 e. The summed E-state index contributed by atoms with van der Waals surface area (Å²) in [7, 11) is 1.50. The molecule has 0 aliphatic heterocycles. The highest BCUT2D eigenvalue weighted by molar-refractivity contribution is 6.32. The van der Waals surface area contributed by atoms with Gasteiger partial charge in [-0.3, -0.25) is 9.59 Å². The van der Waals surface area contributed by atoms with Crippen molar-refractivity contribution in [1.29, 1.82) is 0 Å². The van der Waals surface area contributed by atoms with E-state index >= 15 is 0 Å². The van der Waals surface area contributed by atoms with Gasteiger partial charge in [0, 0.05) is 6.42 Å². The van der Waals surface area contributed by atoms with Gasteiger partial charge in [-0.05, 0) is 30.0 Å². The molecule has 0 saturated carbocycles. The van der Waals surface area contributed by atoms with E-state index in [1.807, 2.05) is 13.8 Å². The zero-order valence-corrected chi connectivity index (χ0v) is 14.3. The van der Waals surface area contributed by atoms with Gasteiger partial charge < -0.3 is 20.9 Å². The largest absolute Gasteiger partial charge is 0.495 e. The molecule has 2 amide bonds. The number of amides is 2. The van der Waals surface area contributed by atoms with Crippen LogP contribution in [0.3, 0.4) is 0 Å². The molecule has 23 heavy (non-hydrogen) atoms. The van der Waals surface area contributed by atoms with E-state index in [1.54, 1.807) is 18.2 Å². The highest BCUT2D eigenvalue weighted by Crippen LogP contribution is 2.25. The molecule has 0 saturated heterocycles. The highest BCUT2D eigenvalue weighted by atomic mass is 35.5. The maximum atomic E-state index is 11.9. The van der Waals surface area contributed by atoms with Gasteiger partial charge >= 0.3 is 0 Å². The Morgan fingerprint density at radius 3 is 2.52 bits per heavy atom. The van der Waals surface area contributed by atoms with Crippen molar-refractivity contribution in [3.8, 4) is 5.75 Å². The number of nitrogens with one attached hydrogen (secondary N) is 1. The number of aliphatic hydroxyl groups is 1. The molecular weight excluding hydrogens is 320 g/mol. The fourth-order valence-corrected chi connectivity index (χ4v) is 2.40. The SMILES string of the molecule is COc1ccc(C[C@H](NC(=O)[C@@H](O)CC(C)C)C(N)=O)cc1Cl. The van der Waals surface area contributed by atoms with E-state index in [9.17, 15) is 14.7 Å². The number of aliphatic hydroxyl groups excluding tert-OH is 1. The lowest BCUT2D eigenvalue weighted by molar-refractivity contribution is -0.133. The van der Waals surface area contributed by atoms with Crippen LogP contribution < -0.4 is 15.8 Å². The standard InChI is InChI=1S/C16H23ClN2O4/c1-9(2)6-13(20)16(22)19-12(15(18)21)8-10-4-5-14(23-3)11(17)7-10/h4-5,7,9,12-13,20H,6,8H2,1-3H3,(H2,18,21)(H,19,22)/t12-,13-/m0/s1. The first-order chi connectivity index (χ1) is 10.7. The number of ether oxygens (including phenoxy) is 1. The molecule has 6 nitrogen and oxygen atoms in total. The number of carbonyl (C=O) groups is 2. The molecule has 0 radical (unpaired) electrons. The van der Waals surface area contributed by atoms with Crippen molar-refractivity contribution in [2.24, 2.45) is 11.7 Å². The Kier molecular flexibility index (Phi) is 7.32. The van der Waals surface area contributed by atoms with Crippen LogP contribution in [0.2, 0.25) is 5.02 Å². The van der Waals surface area contributed by atoms with Gasteiger partial charge in [-0.15, -0.1) is 0 Å². The number of methoxy groups -OCH3 is 1. The third-order valence-electron chi connectivity index (χ3n) is 3.31. The van der Waals surface area contributed by atoms with Gasteiger partial charge in [-0.25, -0.2) is 0 Å². The van der Waals surface area contributed by atoms with Crippen molar-refractivity contribution in [1.82, 2.24) is 5.32 Å². The van der Waals surface area contributed by atoms with Crippen molar-refractivity contribution in [3.05, 3.63) is 28.8 Å². The van der Waals surface area contributed by atoms with Gasteiger partial charge in [0.05, 0.1) is 12.1 Å². The van der Waals surface area contributed by atoms with Gasteiger partial charge in [0.1, 0.15) is 17.9 Å². The minimum absolute atomic E-state index is 0.156. The van der Waals surface area contributed by atoms with E-state index in [0.29, 0.717) is 17.2 Å². The number of halogens is 1. The number of primary amides is 1. The summed E-state index contributed by atoms with van der Waals surface area (Å²) >= 11 is 6.04. The molecule has 1 rings (SSSR count).